The maximum absolute atomic E-state index is 12.1. The predicted molar refractivity (Wildman–Crippen MR) is 147 cm³/mol. The summed E-state index contributed by atoms with van der Waals surface area (Å²) in [7, 11) is -3.32. The van der Waals surface area contributed by atoms with Gasteiger partial charge >= 0.3 is 0 Å². The second-order valence-corrected chi connectivity index (χ2v) is 12.8. The lowest BCUT2D eigenvalue weighted by molar-refractivity contribution is 0.0157. The molecule has 36 heavy (non-hydrogen) atoms. The Labute approximate surface area is 218 Å². The van der Waals surface area contributed by atoms with E-state index in [4.69, 9.17) is 9.72 Å². The highest BCUT2D eigenvalue weighted by atomic mass is 32.2. The molecule has 2 atom stereocenters. The summed E-state index contributed by atoms with van der Waals surface area (Å²) in [6, 6.07) is 20.7. The molecule has 1 saturated heterocycles. The standard InChI is InChI=1S/C28H35N3O3S2/c1-20-28(35-27(29-20)23-11-7-4-8-12-23)31-18-17-25(30-36(2,32)33)26(31)19-34-24-15-13-22(14-16-24)21-9-5-3-6-10-21/h3-12,22,24-26,30H,13-19H2,1-2H3. The number of thiazole rings is 1. The van der Waals surface area contributed by atoms with Crippen LogP contribution < -0.4 is 9.62 Å². The van der Waals surface area contributed by atoms with Crippen LogP contribution in [0.1, 0.15) is 49.3 Å². The zero-order valence-corrected chi connectivity index (χ0v) is 22.6. The Morgan fingerprint density at radius 3 is 2.33 bits per heavy atom. The van der Waals surface area contributed by atoms with Gasteiger partial charge in [0.25, 0.3) is 0 Å². The number of sulfonamides is 1. The van der Waals surface area contributed by atoms with E-state index in [1.54, 1.807) is 11.3 Å². The number of nitrogens with zero attached hydrogens (tertiary/aromatic N) is 2. The van der Waals surface area contributed by atoms with Crippen molar-refractivity contribution in [3.05, 3.63) is 71.9 Å². The van der Waals surface area contributed by atoms with Gasteiger partial charge in [-0.25, -0.2) is 18.1 Å². The molecule has 1 N–H and O–H groups in total. The fourth-order valence-electron chi connectivity index (χ4n) is 5.61. The highest BCUT2D eigenvalue weighted by Crippen LogP contribution is 2.39. The number of rotatable bonds is 8. The first-order valence-electron chi connectivity index (χ1n) is 12.8. The zero-order valence-electron chi connectivity index (χ0n) is 21.0. The van der Waals surface area contributed by atoms with E-state index in [9.17, 15) is 8.42 Å². The first kappa shape index (κ1) is 25.4. The first-order chi connectivity index (χ1) is 17.4. The Morgan fingerprint density at radius 2 is 1.67 bits per heavy atom. The molecular formula is C28H35N3O3S2. The number of ether oxygens (including phenoxy) is 1. The van der Waals surface area contributed by atoms with Crippen LogP contribution in [0.2, 0.25) is 0 Å². The maximum atomic E-state index is 12.1. The summed E-state index contributed by atoms with van der Waals surface area (Å²) in [5, 5.41) is 2.09. The smallest absolute Gasteiger partial charge is 0.209 e. The molecule has 3 aromatic rings. The molecule has 1 aromatic heterocycles. The van der Waals surface area contributed by atoms with Crippen molar-refractivity contribution in [2.45, 2.75) is 63.1 Å². The van der Waals surface area contributed by atoms with E-state index in [-0.39, 0.29) is 18.2 Å². The van der Waals surface area contributed by atoms with Gasteiger partial charge in [0.15, 0.2) is 0 Å². The Balaban J connectivity index is 1.28. The molecule has 2 unspecified atom stereocenters. The lowest BCUT2D eigenvalue weighted by Crippen LogP contribution is -2.48. The van der Waals surface area contributed by atoms with Crippen molar-refractivity contribution in [1.29, 1.82) is 0 Å². The third-order valence-corrected chi connectivity index (χ3v) is 9.39. The third kappa shape index (κ3) is 5.99. The average molecular weight is 526 g/mol. The Kier molecular flexibility index (Phi) is 7.76. The van der Waals surface area contributed by atoms with Gasteiger partial charge in [0.05, 0.1) is 30.7 Å². The molecule has 2 aliphatic rings. The van der Waals surface area contributed by atoms with Gasteiger partial charge in [-0.15, -0.1) is 0 Å². The van der Waals surface area contributed by atoms with E-state index in [0.717, 1.165) is 59.9 Å². The van der Waals surface area contributed by atoms with Crippen LogP contribution in [0, 0.1) is 6.92 Å². The van der Waals surface area contributed by atoms with Crippen molar-refractivity contribution in [3.63, 3.8) is 0 Å². The Hall–Kier alpha value is -2.26. The molecule has 5 rings (SSSR count). The van der Waals surface area contributed by atoms with Crippen LogP contribution in [0.25, 0.3) is 10.6 Å². The van der Waals surface area contributed by atoms with E-state index >= 15 is 0 Å². The second-order valence-electron chi connectivity index (χ2n) is 10.0. The minimum absolute atomic E-state index is 0.0608. The number of benzene rings is 2. The van der Waals surface area contributed by atoms with Crippen LogP contribution in [0.5, 0.6) is 0 Å². The third-order valence-electron chi connectivity index (χ3n) is 7.41. The Morgan fingerprint density at radius 1 is 1.00 bits per heavy atom. The molecule has 2 aromatic carbocycles. The van der Waals surface area contributed by atoms with Gasteiger partial charge in [0.2, 0.25) is 10.0 Å². The van der Waals surface area contributed by atoms with Gasteiger partial charge in [-0.05, 0) is 50.5 Å². The van der Waals surface area contributed by atoms with Gasteiger partial charge in [-0.1, -0.05) is 72.0 Å². The molecule has 0 radical (unpaired) electrons. The highest BCUT2D eigenvalue weighted by molar-refractivity contribution is 7.88. The zero-order chi connectivity index (χ0) is 25.1. The molecule has 0 amide bonds. The van der Waals surface area contributed by atoms with Crippen molar-refractivity contribution >= 4 is 26.4 Å². The van der Waals surface area contributed by atoms with Crippen LogP contribution in [-0.2, 0) is 14.8 Å². The topological polar surface area (TPSA) is 71.5 Å². The number of anilines is 1. The van der Waals surface area contributed by atoms with Gasteiger partial charge in [-0.2, -0.15) is 0 Å². The van der Waals surface area contributed by atoms with Gasteiger partial charge < -0.3 is 9.64 Å². The number of hydrogen-bond acceptors (Lipinski definition) is 6. The van der Waals surface area contributed by atoms with Crippen LogP contribution in [0.3, 0.4) is 0 Å². The summed E-state index contributed by atoms with van der Waals surface area (Å²) in [6.07, 6.45) is 6.53. The molecule has 6 nitrogen and oxygen atoms in total. The predicted octanol–water partition coefficient (Wildman–Crippen LogP) is 5.36. The van der Waals surface area contributed by atoms with Crippen LogP contribution in [-0.4, -0.2) is 51.0 Å². The molecule has 192 valence electrons. The van der Waals surface area contributed by atoms with Gasteiger partial charge in [-0.3, -0.25) is 0 Å². The highest BCUT2D eigenvalue weighted by Gasteiger charge is 2.38. The minimum atomic E-state index is -3.32. The fourth-order valence-corrected chi connectivity index (χ4v) is 7.59. The van der Waals surface area contributed by atoms with E-state index in [2.05, 4.69) is 52.1 Å². The van der Waals surface area contributed by atoms with Crippen LogP contribution in [0.15, 0.2) is 60.7 Å². The van der Waals surface area contributed by atoms with Crippen LogP contribution >= 0.6 is 11.3 Å². The Bertz CT molecular complexity index is 1240. The van der Waals surface area contributed by atoms with Crippen LogP contribution in [0.4, 0.5) is 5.00 Å². The SMILES string of the molecule is Cc1nc(-c2ccccc2)sc1N1CCC(NS(C)(=O)=O)C1COC1CCC(c2ccccc2)CC1. The number of hydrogen-bond donors (Lipinski definition) is 1. The van der Waals surface area contributed by atoms with E-state index in [1.165, 1.54) is 11.8 Å². The van der Waals surface area contributed by atoms with Gasteiger partial charge in [0, 0.05) is 18.2 Å². The fraction of sp³-hybridized carbons (Fsp3) is 0.464. The second kappa shape index (κ2) is 11.0. The van der Waals surface area contributed by atoms with Crippen molar-refractivity contribution in [3.8, 4) is 10.6 Å². The number of aryl methyl sites for hydroxylation is 1. The normalized spacial score (nSPS) is 24.8. The molecule has 1 aliphatic carbocycles. The number of aromatic nitrogens is 1. The molecule has 0 bridgehead atoms. The monoisotopic (exact) mass is 525 g/mol. The lowest BCUT2D eigenvalue weighted by Gasteiger charge is -2.33. The van der Waals surface area contributed by atoms with E-state index < -0.39 is 10.0 Å². The lowest BCUT2D eigenvalue weighted by atomic mass is 9.83. The summed E-state index contributed by atoms with van der Waals surface area (Å²) in [6.45, 7) is 3.32. The summed E-state index contributed by atoms with van der Waals surface area (Å²) in [5.74, 6) is 0.602. The summed E-state index contributed by atoms with van der Waals surface area (Å²) < 4.78 is 33.6. The molecule has 0 spiro atoms. The maximum Gasteiger partial charge on any atom is 0.209 e. The average Bonchev–Trinajstić information content (AvgIpc) is 3.45. The molecular weight excluding hydrogens is 490 g/mol. The molecule has 1 aliphatic heterocycles. The van der Waals surface area contributed by atoms with E-state index in [0.29, 0.717) is 12.5 Å². The van der Waals surface area contributed by atoms with Crippen molar-refractivity contribution in [2.75, 3.05) is 24.3 Å². The summed E-state index contributed by atoms with van der Waals surface area (Å²) >= 11 is 1.68. The molecule has 1 saturated carbocycles. The first-order valence-corrected chi connectivity index (χ1v) is 15.5. The largest absolute Gasteiger partial charge is 0.376 e. The summed E-state index contributed by atoms with van der Waals surface area (Å²) in [4.78, 5) is 7.16. The van der Waals surface area contributed by atoms with E-state index in [1.807, 2.05) is 25.1 Å². The van der Waals surface area contributed by atoms with Gasteiger partial charge in [0.1, 0.15) is 10.0 Å². The summed E-state index contributed by atoms with van der Waals surface area (Å²) in [5.41, 5.74) is 3.50. The minimum Gasteiger partial charge on any atom is -0.376 e. The molecule has 2 fully saturated rings. The molecule has 2 heterocycles. The van der Waals surface area contributed by atoms with Crippen molar-refractivity contribution in [2.24, 2.45) is 0 Å². The number of nitrogens with one attached hydrogen (secondary N) is 1. The van der Waals surface area contributed by atoms with Crippen molar-refractivity contribution < 1.29 is 13.2 Å². The molecule has 8 heteroatoms. The van der Waals surface area contributed by atoms with Crippen molar-refractivity contribution in [1.82, 2.24) is 9.71 Å². The quantitative estimate of drug-likeness (QED) is 0.429.